The van der Waals surface area contributed by atoms with E-state index in [0.717, 1.165) is 6.42 Å². The number of carbonyl (C=O) groups is 2. The summed E-state index contributed by atoms with van der Waals surface area (Å²) in [5.74, 6) is -1.98. The molecule has 6 heteroatoms. The van der Waals surface area contributed by atoms with Gasteiger partial charge in [0.25, 0.3) is 5.91 Å². The Morgan fingerprint density at radius 3 is 2.75 bits per heavy atom. The number of methoxy groups -OCH3 is 1. The summed E-state index contributed by atoms with van der Waals surface area (Å²) in [5.41, 5.74) is 0.0837. The molecule has 0 aliphatic heterocycles. The van der Waals surface area contributed by atoms with Gasteiger partial charge in [0.2, 0.25) is 0 Å². The number of rotatable bonds is 4. The number of carboxylic acid groups (broad SMARTS) is 1. The van der Waals surface area contributed by atoms with Gasteiger partial charge in [0, 0.05) is 6.04 Å². The molecule has 0 heterocycles. The number of phenolic OH excluding ortho intramolecular Hbond substituents is 1. The number of hydrogen-bond acceptors (Lipinski definition) is 4. The lowest BCUT2D eigenvalue weighted by atomic mass is 10.0. The average Bonchev–Trinajstić information content (AvgIpc) is 2.87. The molecule has 108 valence electrons. The lowest BCUT2D eigenvalue weighted by Gasteiger charge is -2.18. The van der Waals surface area contributed by atoms with Gasteiger partial charge in [-0.1, -0.05) is 12.5 Å². The maximum atomic E-state index is 12.1. The van der Waals surface area contributed by atoms with Gasteiger partial charge in [-0.2, -0.15) is 0 Å². The van der Waals surface area contributed by atoms with Gasteiger partial charge in [-0.3, -0.25) is 9.59 Å². The summed E-state index contributed by atoms with van der Waals surface area (Å²) >= 11 is 0. The zero-order valence-corrected chi connectivity index (χ0v) is 11.1. The molecule has 1 aromatic rings. The van der Waals surface area contributed by atoms with E-state index >= 15 is 0 Å². The van der Waals surface area contributed by atoms with Crippen LogP contribution in [0.25, 0.3) is 0 Å². The first-order chi connectivity index (χ1) is 9.54. The molecule has 1 saturated carbocycles. The van der Waals surface area contributed by atoms with Crippen LogP contribution in [0.1, 0.15) is 29.6 Å². The van der Waals surface area contributed by atoms with Crippen LogP contribution in [-0.2, 0) is 4.79 Å². The van der Waals surface area contributed by atoms with E-state index in [0.29, 0.717) is 12.8 Å². The summed E-state index contributed by atoms with van der Waals surface area (Å²) in [6.07, 6.45) is 1.96. The second kappa shape index (κ2) is 5.81. The second-order valence-corrected chi connectivity index (χ2v) is 4.81. The highest BCUT2D eigenvalue weighted by Crippen LogP contribution is 2.30. The molecule has 6 nitrogen and oxygen atoms in total. The number of benzene rings is 1. The molecule has 2 unspecified atom stereocenters. The van der Waals surface area contributed by atoms with Crippen LogP contribution in [0, 0.1) is 5.92 Å². The number of ether oxygens (including phenoxy) is 1. The van der Waals surface area contributed by atoms with Gasteiger partial charge in [0.1, 0.15) is 0 Å². The van der Waals surface area contributed by atoms with E-state index in [1.807, 2.05) is 0 Å². The van der Waals surface area contributed by atoms with Crippen LogP contribution in [0.4, 0.5) is 0 Å². The third-order valence-corrected chi connectivity index (χ3v) is 3.61. The van der Waals surface area contributed by atoms with Crippen LogP contribution >= 0.6 is 0 Å². The molecule has 0 bridgehead atoms. The molecule has 1 aliphatic rings. The summed E-state index contributed by atoms with van der Waals surface area (Å²) in [4.78, 5) is 23.2. The van der Waals surface area contributed by atoms with Gasteiger partial charge in [-0.25, -0.2) is 0 Å². The Morgan fingerprint density at radius 2 is 2.10 bits per heavy atom. The number of nitrogens with one attached hydrogen (secondary N) is 1. The zero-order chi connectivity index (χ0) is 14.7. The van der Waals surface area contributed by atoms with Crippen molar-refractivity contribution in [2.45, 2.75) is 25.3 Å². The van der Waals surface area contributed by atoms with Gasteiger partial charge >= 0.3 is 5.97 Å². The van der Waals surface area contributed by atoms with E-state index < -0.39 is 23.8 Å². The largest absolute Gasteiger partial charge is 0.504 e. The van der Waals surface area contributed by atoms with E-state index in [-0.39, 0.29) is 17.1 Å². The minimum Gasteiger partial charge on any atom is -0.504 e. The van der Waals surface area contributed by atoms with Gasteiger partial charge < -0.3 is 20.3 Å². The highest BCUT2D eigenvalue weighted by Gasteiger charge is 2.34. The number of hydrogen-bond donors (Lipinski definition) is 3. The monoisotopic (exact) mass is 279 g/mol. The lowest BCUT2D eigenvalue weighted by Crippen LogP contribution is -2.40. The van der Waals surface area contributed by atoms with Crippen molar-refractivity contribution < 1.29 is 24.5 Å². The van der Waals surface area contributed by atoms with E-state index in [9.17, 15) is 14.7 Å². The van der Waals surface area contributed by atoms with Gasteiger partial charge in [0.05, 0.1) is 18.6 Å². The molecule has 1 fully saturated rings. The van der Waals surface area contributed by atoms with Crippen molar-refractivity contribution in [1.82, 2.24) is 5.32 Å². The minimum absolute atomic E-state index is 0.0837. The number of carbonyl (C=O) groups excluding carboxylic acids is 1. The van der Waals surface area contributed by atoms with Gasteiger partial charge in [-0.05, 0) is 25.0 Å². The van der Waals surface area contributed by atoms with E-state index in [1.165, 1.54) is 13.2 Å². The maximum Gasteiger partial charge on any atom is 0.308 e. The SMILES string of the molecule is COc1cccc(C(=O)NC2CCCC2C(=O)O)c1O. The first kappa shape index (κ1) is 14.2. The molecule has 0 aromatic heterocycles. The number of para-hydroxylation sites is 1. The number of aliphatic carboxylic acids is 1. The molecular weight excluding hydrogens is 262 g/mol. The summed E-state index contributed by atoms with van der Waals surface area (Å²) in [6, 6.07) is 4.21. The van der Waals surface area contributed by atoms with Crippen molar-refractivity contribution in [3.05, 3.63) is 23.8 Å². The average molecular weight is 279 g/mol. The molecule has 20 heavy (non-hydrogen) atoms. The van der Waals surface area contributed by atoms with E-state index in [4.69, 9.17) is 9.84 Å². The van der Waals surface area contributed by atoms with Crippen molar-refractivity contribution in [2.75, 3.05) is 7.11 Å². The Kier molecular flexibility index (Phi) is 4.12. The fourth-order valence-electron chi connectivity index (χ4n) is 2.54. The number of aromatic hydroxyl groups is 1. The molecule has 1 amide bonds. The molecule has 1 aromatic carbocycles. The Bertz CT molecular complexity index is 528. The normalized spacial score (nSPS) is 21.4. The van der Waals surface area contributed by atoms with Crippen LogP contribution in [0.3, 0.4) is 0 Å². The first-order valence-corrected chi connectivity index (χ1v) is 6.44. The van der Waals surface area contributed by atoms with Crippen molar-refractivity contribution in [3.8, 4) is 11.5 Å². The topological polar surface area (TPSA) is 95.9 Å². The molecule has 2 atom stereocenters. The summed E-state index contributed by atoms with van der Waals surface area (Å²) in [5, 5.41) is 21.7. The van der Waals surface area contributed by atoms with Crippen LogP contribution < -0.4 is 10.1 Å². The van der Waals surface area contributed by atoms with Crippen molar-refractivity contribution in [1.29, 1.82) is 0 Å². The van der Waals surface area contributed by atoms with Crippen molar-refractivity contribution >= 4 is 11.9 Å². The highest BCUT2D eigenvalue weighted by molar-refractivity contribution is 5.98. The zero-order valence-electron chi connectivity index (χ0n) is 11.1. The quantitative estimate of drug-likeness (QED) is 0.774. The molecule has 1 aliphatic carbocycles. The van der Waals surface area contributed by atoms with Crippen LogP contribution in [-0.4, -0.2) is 35.2 Å². The third kappa shape index (κ3) is 2.68. The van der Waals surface area contributed by atoms with Crippen molar-refractivity contribution in [3.63, 3.8) is 0 Å². The maximum absolute atomic E-state index is 12.1. The lowest BCUT2D eigenvalue weighted by molar-refractivity contribution is -0.142. The van der Waals surface area contributed by atoms with E-state index in [2.05, 4.69) is 5.32 Å². The summed E-state index contributed by atoms with van der Waals surface area (Å²) in [6.45, 7) is 0. The van der Waals surface area contributed by atoms with Gasteiger partial charge in [-0.15, -0.1) is 0 Å². The molecule has 3 N–H and O–H groups in total. The standard InChI is InChI=1S/C14H17NO5/c1-20-11-7-3-5-9(12(11)16)13(17)15-10-6-2-4-8(10)14(18)19/h3,5,7-8,10,16H,2,4,6H2,1H3,(H,15,17)(H,18,19). The van der Waals surface area contributed by atoms with E-state index in [1.54, 1.807) is 12.1 Å². The summed E-state index contributed by atoms with van der Waals surface area (Å²) in [7, 11) is 1.40. The highest BCUT2D eigenvalue weighted by atomic mass is 16.5. The summed E-state index contributed by atoms with van der Waals surface area (Å²) < 4.78 is 4.94. The third-order valence-electron chi connectivity index (χ3n) is 3.61. The molecule has 2 rings (SSSR count). The molecule has 0 saturated heterocycles. The van der Waals surface area contributed by atoms with Crippen LogP contribution in [0.15, 0.2) is 18.2 Å². The number of phenols is 1. The fourth-order valence-corrected chi connectivity index (χ4v) is 2.54. The number of carboxylic acids is 1. The molecular formula is C14H17NO5. The molecule has 0 radical (unpaired) electrons. The van der Waals surface area contributed by atoms with Crippen LogP contribution in [0.5, 0.6) is 11.5 Å². The predicted octanol–water partition coefficient (Wildman–Crippen LogP) is 1.38. The Labute approximate surface area is 116 Å². The van der Waals surface area contributed by atoms with Crippen molar-refractivity contribution in [2.24, 2.45) is 5.92 Å². The Morgan fingerprint density at radius 1 is 1.35 bits per heavy atom. The predicted molar refractivity (Wildman–Crippen MR) is 70.9 cm³/mol. The Balaban J connectivity index is 2.14. The number of amides is 1. The Hall–Kier alpha value is -2.24. The van der Waals surface area contributed by atoms with Crippen LogP contribution in [0.2, 0.25) is 0 Å². The minimum atomic E-state index is -0.900. The second-order valence-electron chi connectivity index (χ2n) is 4.81. The molecule has 0 spiro atoms. The fraction of sp³-hybridized carbons (Fsp3) is 0.429. The smallest absolute Gasteiger partial charge is 0.308 e. The van der Waals surface area contributed by atoms with Gasteiger partial charge in [0.15, 0.2) is 11.5 Å². The first-order valence-electron chi connectivity index (χ1n) is 6.44.